The van der Waals surface area contributed by atoms with E-state index >= 15 is 0 Å². The Labute approximate surface area is 152 Å². The van der Waals surface area contributed by atoms with Crippen LogP contribution in [0.15, 0.2) is 58.2 Å². The molecule has 0 saturated carbocycles. The molecule has 0 N–H and O–H groups in total. The zero-order valence-corrected chi connectivity index (χ0v) is 14.6. The fraction of sp³-hybridized carbons (Fsp3) is 0.222. The largest absolute Gasteiger partial charge is 0.497 e. The van der Waals surface area contributed by atoms with Crippen LogP contribution in [0, 0.1) is 0 Å². The van der Waals surface area contributed by atoms with Crippen LogP contribution in [0.1, 0.15) is 22.6 Å². The van der Waals surface area contributed by atoms with E-state index in [0.717, 1.165) is 29.0 Å². The van der Waals surface area contributed by atoms with E-state index < -0.39 is 11.7 Å². The number of hydrogen-bond acceptors (Lipinski definition) is 5. The second-order valence-corrected chi connectivity index (χ2v) is 6.40. The summed E-state index contributed by atoms with van der Waals surface area (Å²) < 4.78 is 48.3. The summed E-state index contributed by atoms with van der Waals surface area (Å²) in [6, 6.07) is 12.6. The summed E-state index contributed by atoms with van der Waals surface area (Å²) in [5.74, 6) is 1.69. The molecule has 0 aliphatic rings. The van der Waals surface area contributed by atoms with E-state index in [0.29, 0.717) is 23.3 Å². The summed E-state index contributed by atoms with van der Waals surface area (Å²) in [6.45, 7) is 0. The summed E-state index contributed by atoms with van der Waals surface area (Å²) in [7, 11) is 1.60. The number of rotatable bonds is 6. The zero-order valence-electron chi connectivity index (χ0n) is 13.8. The summed E-state index contributed by atoms with van der Waals surface area (Å²) in [6.07, 6.45) is -3.83. The highest BCUT2D eigenvalue weighted by Gasteiger charge is 2.29. The van der Waals surface area contributed by atoms with Crippen molar-refractivity contribution in [2.75, 3.05) is 7.11 Å². The van der Waals surface area contributed by atoms with Crippen molar-refractivity contribution in [1.29, 1.82) is 0 Å². The molecule has 3 aromatic rings. The molecular weight excluding hydrogens is 365 g/mol. The molecule has 3 rings (SSSR count). The first-order valence-corrected chi connectivity index (χ1v) is 8.67. The van der Waals surface area contributed by atoms with Gasteiger partial charge in [0.25, 0.3) is 5.22 Å². The number of halogens is 3. The monoisotopic (exact) mass is 380 g/mol. The van der Waals surface area contributed by atoms with Gasteiger partial charge in [0.15, 0.2) is 0 Å². The first-order chi connectivity index (χ1) is 12.4. The van der Waals surface area contributed by atoms with Crippen LogP contribution in [0.3, 0.4) is 0 Å². The van der Waals surface area contributed by atoms with Crippen molar-refractivity contribution < 1.29 is 22.3 Å². The van der Waals surface area contributed by atoms with Crippen LogP contribution in [0.2, 0.25) is 0 Å². The number of benzene rings is 2. The Morgan fingerprint density at radius 3 is 2.23 bits per heavy atom. The van der Waals surface area contributed by atoms with E-state index in [1.165, 1.54) is 23.9 Å². The van der Waals surface area contributed by atoms with Gasteiger partial charge in [0.1, 0.15) is 5.75 Å². The Morgan fingerprint density at radius 1 is 0.962 bits per heavy atom. The predicted molar refractivity (Wildman–Crippen MR) is 91.1 cm³/mol. The lowest BCUT2D eigenvalue weighted by molar-refractivity contribution is -0.137. The quantitative estimate of drug-likeness (QED) is 0.565. The molecule has 1 heterocycles. The molecule has 0 aliphatic carbocycles. The van der Waals surface area contributed by atoms with Crippen molar-refractivity contribution >= 4 is 11.8 Å². The Bertz CT molecular complexity index is 846. The number of ether oxygens (including phenoxy) is 1. The molecule has 0 fully saturated rings. The van der Waals surface area contributed by atoms with Gasteiger partial charge in [-0.1, -0.05) is 36.0 Å². The average Bonchev–Trinajstić information content (AvgIpc) is 3.08. The first kappa shape index (κ1) is 18.3. The molecule has 0 aliphatic heterocycles. The molecule has 8 heteroatoms. The predicted octanol–water partition coefficient (Wildman–Crippen LogP) is 4.98. The van der Waals surface area contributed by atoms with Crippen molar-refractivity contribution in [3.05, 3.63) is 71.1 Å². The number of nitrogens with zero attached hydrogens (tertiary/aromatic N) is 2. The third kappa shape index (κ3) is 4.78. The third-order valence-corrected chi connectivity index (χ3v) is 4.50. The van der Waals surface area contributed by atoms with Gasteiger partial charge < -0.3 is 9.15 Å². The highest BCUT2D eigenvalue weighted by Crippen LogP contribution is 2.30. The van der Waals surface area contributed by atoms with Gasteiger partial charge in [-0.2, -0.15) is 13.2 Å². The number of methoxy groups -OCH3 is 1. The highest BCUT2D eigenvalue weighted by molar-refractivity contribution is 7.98. The first-order valence-electron chi connectivity index (χ1n) is 7.68. The zero-order chi connectivity index (χ0) is 18.6. The molecule has 0 unspecified atom stereocenters. The number of hydrogen-bond donors (Lipinski definition) is 0. The van der Waals surface area contributed by atoms with E-state index in [2.05, 4.69) is 10.2 Å². The van der Waals surface area contributed by atoms with Crippen LogP contribution in [0.25, 0.3) is 0 Å². The summed E-state index contributed by atoms with van der Waals surface area (Å²) in [5, 5.41) is 8.34. The Kier molecular flexibility index (Phi) is 5.51. The number of aromatic nitrogens is 2. The lowest BCUT2D eigenvalue weighted by Crippen LogP contribution is -2.04. The van der Waals surface area contributed by atoms with Crippen LogP contribution < -0.4 is 4.74 Å². The molecule has 0 radical (unpaired) electrons. The van der Waals surface area contributed by atoms with E-state index in [-0.39, 0.29) is 0 Å². The molecule has 26 heavy (non-hydrogen) atoms. The summed E-state index contributed by atoms with van der Waals surface area (Å²) in [5.41, 5.74) is 1.09. The smallest absolute Gasteiger partial charge is 0.416 e. The fourth-order valence-corrected chi connectivity index (χ4v) is 2.96. The van der Waals surface area contributed by atoms with Crippen molar-refractivity contribution in [1.82, 2.24) is 10.2 Å². The second kappa shape index (κ2) is 7.82. The van der Waals surface area contributed by atoms with E-state index in [1.54, 1.807) is 7.11 Å². The van der Waals surface area contributed by atoms with E-state index in [1.807, 2.05) is 24.3 Å². The number of alkyl halides is 3. The minimum atomic E-state index is -4.32. The van der Waals surface area contributed by atoms with Gasteiger partial charge in [0, 0.05) is 5.75 Å². The average molecular weight is 380 g/mol. The van der Waals surface area contributed by atoms with Gasteiger partial charge in [0.05, 0.1) is 19.1 Å². The van der Waals surface area contributed by atoms with E-state index in [4.69, 9.17) is 9.15 Å². The maximum Gasteiger partial charge on any atom is 0.416 e. The Balaban J connectivity index is 1.56. The molecule has 136 valence electrons. The minimum absolute atomic E-state index is 0.383. The van der Waals surface area contributed by atoms with Gasteiger partial charge in [-0.05, 0) is 35.4 Å². The standard InChI is InChI=1S/C18H15F3N2O2S/c1-24-15-8-4-12(5-9-15)10-16-22-23-17(25-16)26-11-13-2-6-14(7-3-13)18(19,20)21/h2-9H,10-11H2,1H3. The molecule has 0 bridgehead atoms. The van der Waals surface area contributed by atoms with Gasteiger partial charge in [-0.25, -0.2) is 0 Å². The Hall–Kier alpha value is -2.48. The normalized spacial score (nSPS) is 11.5. The van der Waals surface area contributed by atoms with Gasteiger partial charge in [-0.3, -0.25) is 0 Å². The third-order valence-electron chi connectivity index (χ3n) is 3.61. The Morgan fingerprint density at radius 2 is 1.62 bits per heavy atom. The molecule has 0 amide bonds. The molecule has 2 aromatic carbocycles. The highest BCUT2D eigenvalue weighted by atomic mass is 32.2. The van der Waals surface area contributed by atoms with Gasteiger partial charge >= 0.3 is 6.18 Å². The van der Waals surface area contributed by atoms with Crippen LogP contribution in [-0.2, 0) is 18.3 Å². The maximum absolute atomic E-state index is 12.5. The molecule has 1 aromatic heterocycles. The lowest BCUT2D eigenvalue weighted by Gasteiger charge is -2.06. The van der Waals surface area contributed by atoms with Crippen LogP contribution in [0.5, 0.6) is 5.75 Å². The fourth-order valence-electron chi connectivity index (χ4n) is 2.22. The topological polar surface area (TPSA) is 48.2 Å². The van der Waals surface area contributed by atoms with Crippen molar-refractivity contribution in [2.45, 2.75) is 23.6 Å². The summed E-state index contributed by atoms with van der Waals surface area (Å²) >= 11 is 1.28. The maximum atomic E-state index is 12.5. The molecule has 0 saturated heterocycles. The van der Waals surface area contributed by atoms with Crippen molar-refractivity contribution in [3.63, 3.8) is 0 Å². The van der Waals surface area contributed by atoms with E-state index in [9.17, 15) is 13.2 Å². The van der Waals surface area contributed by atoms with Crippen LogP contribution >= 0.6 is 11.8 Å². The van der Waals surface area contributed by atoms with Crippen LogP contribution in [0.4, 0.5) is 13.2 Å². The SMILES string of the molecule is COc1ccc(Cc2nnc(SCc3ccc(C(F)(F)F)cc3)o2)cc1. The number of thioether (sulfide) groups is 1. The molecule has 4 nitrogen and oxygen atoms in total. The van der Waals surface area contributed by atoms with Crippen molar-refractivity contribution in [3.8, 4) is 5.75 Å². The summed E-state index contributed by atoms with van der Waals surface area (Å²) in [4.78, 5) is 0. The molecular formula is C18H15F3N2O2S. The molecule has 0 atom stereocenters. The second-order valence-electron chi connectivity index (χ2n) is 5.47. The lowest BCUT2D eigenvalue weighted by atomic mass is 10.1. The molecule has 0 spiro atoms. The van der Waals surface area contributed by atoms with Crippen molar-refractivity contribution in [2.24, 2.45) is 0 Å². The van der Waals surface area contributed by atoms with Gasteiger partial charge in [0.2, 0.25) is 5.89 Å². The van der Waals surface area contributed by atoms with Crippen LogP contribution in [-0.4, -0.2) is 17.3 Å². The van der Waals surface area contributed by atoms with Gasteiger partial charge in [-0.15, -0.1) is 10.2 Å². The minimum Gasteiger partial charge on any atom is -0.497 e.